The lowest BCUT2D eigenvalue weighted by Crippen LogP contribution is -2.35. The maximum atomic E-state index is 12.5. The highest BCUT2D eigenvalue weighted by Gasteiger charge is 2.18. The molecule has 1 aliphatic heterocycles. The van der Waals surface area contributed by atoms with Crippen molar-refractivity contribution in [3.05, 3.63) is 0 Å². The molecule has 1 fully saturated rings. The van der Waals surface area contributed by atoms with Crippen molar-refractivity contribution in [2.24, 2.45) is 5.92 Å². The van der Waals surface area contributed by atoms with E-state index in [0.29, 0.717) is 6.42 Å². The van der Waals surface area contributed by atoms with Gasteiger partial charge in [-0.3, -0.25) is 0 Å². The van der Waals surface area contributed by atoms with Crippen LogP contribution in [0.2, 0.25) is 0 Å². The van der Waals surface area contributed by atoms with E-state index in [1.54, 1.807) is 0 Å². The third-order valence-corrected chi connectivity index (χ3v) is 1.68. The molecular weight excluding hydrogens is 141 g/mol. The summed E-state index contributed by atoms with van der Waals surface area (Å²) in [6.45, 7) is 3.64. The summed E-state index contributed by atoms with van der Waals surface area (Å²) in [6, 6.07) is 0. The van der Waals surface area contributed by atoms with Crippen LogP contribution in [0.4, 0.5) is 4.39 Å². The van der Waals surface area contributed by atoms with Crippen LogP contribution >= 0.6 is 12.4 Å². The zero-order valence-electron chi connectivity index (χ0n) is 5.56. The Hall–Kier alpha value is 0.180. The zero-order chi connectivity index (χ0) is 5.98. The van der Waals surface area contributed by atoms with Crippen molar-refractivity contribution in [2.45, 2.75) is 19.5 Å². The van der Waals surface area contributed by atoms with Gasteiger partial charge in [0.25, 0.3) is 0 Å². The molecule has 56 valence electrons. The van der Waals surface area contributed by atoms with Gasteiger partial charge in [0.15, 0.2) is 0 Å². The number of rotatable bonds is 0. The van der Waals surface area contributed by atoms with Gasteiger partial charge in [-0.15, -0.1) is 12.4 Å². The Bertz CT molecular complexity index is 69.5. The lowest BCUT2D eigenvalue weighted by molar-refractivity contribution is 0.192. The Morgan fingerprint density at radius 3 is 2.56 bits per heavy atom. The predicted octanol–water partition coefficient (Wildman–Crippen LogP) is 1.38. The molecule has 1 heterocycles. The normalized spacial score (nSPS) is 35.3. The lowest BCUT2D eigenvalue weighted by atomic mass is 10.0. The van der Waals surface area contributed by atoms with Crippen LogP contribution in [0, 0.1) is 5.92 Å². The number of piperidine rings is 1. The van der Waals surface area contributed by atoms with Gasteiger partial charge in [0.1, 0.15) is 6.17 Å². The van der Waals surface area contributed by atoms with E-state index in [1.165, 1.54) is 0 Å². The largest absolute Gasteiger partial charge is 0.316 e. The minimum absolute atomic E-state index is 0. The molecule has 0 spiro atoms. The Morgan fingerprint density at radius 1 is 1.56 bits per heavy atom. The molecule has 1 N–H and O–H groups in total. The summed E-state index contributed by atoms with van der Waals surface area (Å²) in [5.74, 6) is 0.226. The summed E-state index contributed by atoms with van der Waals surface area (Å²) in [5.41, 5.74) is 0. The summed E-state index contributed by atoms with van der Waals surface area (Å²) in [5, 5.41) is 3.12. The molecule has 0 radical (unpaired) electrons. The Balaban J connectivity index is 0.000000640. The third kappa shape index (κ3) is 2.50. The van der Waals surface area contributed by atoms with Crippen molar-refractivity contribution < 1.29 is 4.39 Å². The monoisotopic (exact) mass is 153 g/mol. The van der Waals surface area contributed by atoms with Crippen LogP contribution in [-0.4, -0.2) is 19.3 Å². The third-order valence-electron chi connectivity index (χ3n) is 1.68. The molecule has 0 unspecified atom stereocenters. The molecule has 1 nitrogen and oxygen atoms in total. The molecule has 0 aromatic carbocycles. The molecule has 1 rings (SSSR count). The van der Waals surface area contributed by atoms with Gasteiger partial charge in [0.05, 0.1) is 0 Å². The van der Waals surface area contributed by atoms with Gasteiger partial charge < -0.3 is 5.32 Å². The summed E-state index contributed by atoms with van der Waals surface area (Å²) >= 11 is 0. The first kappa shape index (κ1) is 9.18. The number of nitrogens with one attached hydrogen (secondary N) is 1. The number of hydrogen-bond donors (Lipinski definition) is 1. The zero-order valence-corrected chi connectivity index (χ0v) is 6.38. The fraction of sp³-hybridized carbons (Fsp3) is 1.00. The lowest BCUT2D eigenvalue weighted by Gasteiger charge is -2.22. The average molecular weight is 154 g/mol. The topological polar surface area (TPSA) is 12.0 Å². The van der Waals surface area contributed by atoms with Crippen LogP contribution in [0.25, 0.3) is 0 Å². The summed E-state index contributed by atoms with van der Waals surface area (Å²) in [7, 11) is 0. The molecule has 1 saturated heterocycles. The maximum Gasteiger partial charge on any atom is 0.105 e. The van der Waals surface area contributed by atoms with Crippen molar-refractivity contribution in [3.8, 4) is 0 Å². The molecule has 2 atom stereocenters. The number of hydrogen-bond acceptors (Lipinski definition) is 1. The highest BCUT2D eigenvalue weighted by Crippen LogP contribution is 2.12. The van der Waals surface area contributed by atoms with Gasteiger partial charge in [-0.1, -0.05) is 6.92 Å². The second-order valence-electron chi connectivity index (χ2n) is 2.49. The number of halogens is 2. The minimum Gasteiger partial charge on any atom is -0.316 e. The van der Waals surface area contributed by atoms with E-state index in [4.69, 9.17) is 0 Å². The Kier molecular flexibility index (Phi) is 4.15. The first-order valence-corrected chi connectivity index (χ1v) is 3.15. The molecule has 0 aromatic heterocycles. The van der Waals surface area contributed by atoms with E-state index in [0.717, 1.165) is 13.1 Å². The first-order chi connectivity index (χ1) is 3.80. The van der Waals surface area contributed by atoms with Crippen molar-refractivity contribution in [1.29, 1.82) is 0 Å². The molecular formula is C6H13ClFN. The van der Waals surface area contributed by atoms with Crippen LogP contribution in [0.5, 0.6) is 0 Å². The van der Waals surface area contributed by atoms with Gasteiger partial charge >= 0.3 is 0 Å². The van der Waals surface area contributed by atoms with Crippen molar-refractivity contribution in [1.82, 2.24) is 5.32 Å². The van der Waals surface area contributed by atoms with Gasteiger partial charge in [-0.2, -0.15) is 0 Å². The maximum absolute atomic E-state index is 12.5. The Morgan fingerprint density at radius 2 is 2.22 bits per heavy atom. The van der Waals surface area contributed by atoms with E-state index in [-0.39, 0.29) is 18.3 Å². The van der Waals surface area contributed by atoms with Gasteiger partial charge in [0.2, 0.25) is 0 Å². The highest BCUT2D eigenvalue weighted by molar-refractivity contribution is 5.85. The molecule has 9 heavy (non-hydrogen) atoms. The van der Waals surface area contributed by atoms with Gasteiger partial charge in [-0.05, 0) is 18.9 Å². The second-order valence-corrected chi connectivity index (χ2v) is 2.49. The van der Waals surface area contributed by atoms with Crippen LogP contribution in [-0.2, 0) is 0 Å². The van der Waals surface area contributed by atoms with E-state index in [9.17, 15) is 4.39 Å². The fourth-order valence-electron chi connectivity index (χ4n) is 0.982. The van der Waals surface area contributed by atoms with Crippen LogP contribution < -0.4 is 5.32 Å². The molecule has 1 aliphatic rings. The van der Waals surface area contributed by atoms with E-state index >= 15 is 0 Å². The van der Waals surface area contributed by atoms with Crippen molar-refractivity contribution in [3.63, 3.8) is 0 Å². The average Bonchev–Trinajstić information content (AvgIpc) is 1.77. The molecule has 0 aliphatic carbocycles. The molecule has 3 heteroatoms. The Labute approximate surface area is 61.4 Å². The number of alkyl halides is 1. The smallest absolute Gasteiger partial charge is 0.105 e. The van der Waals surface area contributed by atoms with Crippen molar-refractivity contribution >= 4 is 12.4 Å². The van der Waals surface area contributed by atoms with Crippen LogP contribution in [0.1, 0.15) is 13.3 Å². The fourth-order valence-corrected chi connectivity index (χ4v) is 0.982. The SMILES string of the molecule is C[C@H]1CNCC[C@H]1F.Cl. The highest BCUT2D eigenvalue weighted by atomic mass is 35.5. The summed E-state index contributed by atoms with van der Waals surface area (Å²) in [6.07, 6.45) is 0.137. The summed E-state index contributed by atoms with van der Waals surface area (Å²) in [4.78, 5) is 0. The quantitative estimate of drug-likeness (QED) is 0.555. The molecule has 0 amide bonds. The van der Waals surface area contributed by atoms with Gasteiger partial charge in [0, 0.05) is 6.54 Å². The van der Waals surface area contributed by atoms with Crippen molar-refractivity contribution in [2.75, 3.05) is 13.1 Å². The van der Waals surface area contributed by atoms with Gasteiger partial charge in [-0.25, -0.2) is 4.39 Å². The predicted molar refractivity (Wildman–Crippen MR) is 38.8 cm³/mol. The first-order valence-electron chi connectivity index (χ1n) is 3.15. The summed E-state index contributed by atoms with van der Waals surface area (Å²) < 4.78 is 12.5. The standard InChI is InChI=1S/C6H12FN.ClH/c1-5-4-8-3-2-6(5)7;/h5-6,8H,2-4H2,1H3;1H/t5-,6+;/m0./s1. The van der Waals surface area contributed by atoms with Crippen LogP contribution in [0.15, 0.2) is 0 Å². The van der Waals surface area contributed by atoms with Crippen LogP contribution in [0.3, 0.4) is 0 Å². The molecule has 0 bridgehead atoms. The molecule has 0 saturated carbocycles. The van der Waals surface area contributed by atoms with E-state index in [2.05, 4.69) is 5.32 Å². The second kappa shape index (κ2) is 4.07. The van der Waals surface area contributed by atoms with E-state index in [1.807, 2.05) is 6.92 Å². The minimum atomic E-state index is -0.559. The van der Waals surface area contributed by atoms with E-state index < -0.39 is 6.17 Å². The molecule has 0 aromatic rings.